The van der Waals surface area contributed by atoms with Gasteiger partial charge in [0.1, 0.15) is 16.5 Å². The number of nitrogens with zero attached hydrogens (tertiary/aromatic N) is 1. The molecule has 0 aromatic heterocycles. The van der Waals surface area contributed by atoms with Gasteiger partial charge in [-0.25, -0.2) is 17.2 Å². The lowest BCUT2D eigenvalue weighted by Gasteiger charge is -2.37. The van der Waals surface area contributed by atoms with Gasteiger partial charge in [0.25, 0.3) is 0 Å². The Kier molecular flexibility index (Phi) is 4.41. The van der Waals surface area contributed by atoms with Crippen molar-refractivity contribution in [2.75, 3.05) is 13.2 Å². The quantitative estimate of drug-likeness (QED) is 0.925. The van der Waals surface area contributed by atoms with Crippen LogP contribution in [0.25, 0.3) is 0 Å². The zero-order valence-electron chi connectivity index (χ0n) is 11.1. The van der Waals surface area contributed by atoms with Crippen LogP contribution in [0.15, 0.2) is 23.1 Å². The molecule has 1 saturated heterocycles. The lowest BCUT2D eigenvalue weighted by Crippen LogP contribution is -2.49. The van der Waals surface area contributed by atoms with Crippen molar-refractivity contribution in [2.24, 2.45) is 5.92 Å². The van der Waals surface area contributed by atoms with Crippen molar-refractivity contribution in [1.29, 1.82) is 0 Å². The van der Waals surface area contributed by atoms with E-state index in [1.807, 2.05) is 6.92 Å². The molecule has 1 aromatic rings. The minimum atomic E-state index is -4.07. The van der Waals surface area contributed by atoms with E-state index < -0.39 is 32.6 Å². The van der Waals surface area contributed by atoms with Gasteiger partial charge in [-0.15, -0.1) is 0 Å². The number of aliphatic hydroxyl groups is 1. The van der Waals surface area contributed by atoms with Crippen molar-refractivity contribution in [2.45, 2.75) is 30.7 Å². The maximum Gasteiger partial charge on any atom is 0.246 e. The summed E-state index contributed by atoms with van der Waals surface area (Å²) in [5.41, 5.74) is 0. The fourth-order valence-electron chi connectivity index (χ4n) is 2.59. The molecule has 0 saturated carbocycles. The Labute approximate surface area is 117 Å². The van der Waals surface area contributed by atoms with Crippen LogP contribution in [-0.4, -0.2) is 37.0 Å². The Balaban J connectivity index is 2.43. The molecule has 20 heavy (non-hydrogen) atoms. The maximum absolute atomic E-state index is 13.7. The first kappa shape index (κ1) is 15.3. The summed E-state index contributed by atoms with van der Waals surface area (Å²) in [4.78, 5) is -0.550. The summed E-state index contributed by atoms with van der Waals surface area (Å²) in [6.45, 7) is 1.77. The van der Waals surface area contributed by atoms with Crippen LogP contribution in [0.1, 0.15) is 19.8 Å². The molecule has 7 heteroatoms. The van der Waals surface area contributed by atoms with Gasteiger partial charge in [-0.05, 0) is 30.9 Å². The van der Waals surface area contributed by atoms with Crippen molar-refractivity contribution in [3.63, 3.8) is 0 Å². The Morgan fingerprint density at radius 3 is 2.70 bits per heavy atom. The average molecular weight is 305 g/mol. The van der Waals surface area contributed by atoms with Crippen LogP contribution < -0.4 is 0 Å². The number of rotatable bonds is 3. The topological polar surface area (TPSA) is 57.6 Å². The zero-order valence-corrected chi connectivity index (χ0v) is 11.9. The van der Waals surface area contributed by atoms with E-state index in [-0.39, 0.29) is 19.1 Å². The summed E-state index contributed by atoms with van der Waals surface area (Å²) in [6, 6.07) is 1.82. The van der Waals surface area contributed by atoms with Crippen LogP contribution in [0.4, 0.5) is 8.78 Å². The number of benzene rings is 1. The van der Waals surface area contributed by atoms with Crippen molar-refractivity contribution in [3.8, 4) is 0 Å². The fraction of sp³-hybridized carbons (Fsp3) is 0.538. The third kappa shape index (κ3) is 2.70. The molecular weight excluding hydrogens is 288 g/mol. The van der Waals surface area contributed by atoms with Gasteiger partial charge in [-0.2, -0.15) is 4.31 Å². The van der Waals surface area contributed by atoms with E-state index in [0.29, 0.717) is 12.5 Å². The van der Waals surface area contributed by atoms with Gasteiger partial charge in [-0.1, -0.05) is 6.92 Å². The van der Waals surface area contributed by atoms with E-state index in [4.69, 9.17) is 0 Å². The number of hydrogen-bond acceptors (Lipinski definition) is 3. The van der Waals surface area contributed by atoms with Crippen LogP contribution in [-0.2, 0) is 10.0 Å². The molecule has 0 radical (unpaired) electrons. The first-order chi connectivity index (χ1) is 9.37. The highest BCUT2D eigenvalue weighted by Crippen LogP contribution is 2.30. The standard InChI is InChI=1S/C13H17F2NO3S/c1-9-3-2-6-16(12(9)8-17)20(18,19)13-5-4-10(14)7-11(13)15/h4-5,7,9,12,17H,2-3,6,8H2,1H3/t9-,12-/m1/s1. The summed E-state index contributed by atoms with van der Waals surface area (Å²) in [6.07, 6.45) is 1.46. The molecule has 112 valence electrons. The average Bonchev–Trinajstić information content (AvgIpc) is 2.37. The van der Waals surface area contributed by atoms with Crippen LogP contribution in [0.3, 0.4) is 0 Å². The molecule has 4 nitrogen and oxygen atoms in total. The first-order valence-electron chi connectivity index (χ1n) is 6.45. The maximum atomic E-state index is 13.7. The molecule has 1 aromatic carbocycles. The third-order valence-corrected chi connectivity index (χ3v) is 5.69. The highest BCUT2D eigenvalue weighted by Gasteiger charge is 2.38. The molecule has 1 aliphatic heterocycles. The van der Waals surface area contributed by atoms with Crippen molar-refractivity contribution < 1.29 is 22.3 Å². The normalized spacial score (nSPS) is 24.8. The van der Waals surface area contributed by atoms with Gasteiger partial charge in [0.15, 0.2) is 0 Å². The van der Waals surface area contributed by atoms with Gasteiger partial charge in [0.2, 0.25) is 10.0 Å². The summed E-state index contributed by atoms with van der Waals surface area (Å²) in [5, 5.41) is 9.40. The van der Waals surface area contributed by atoms with Crippen molar-refractivity contribution >= 4 is 10.0 Å². The Morgan fingerprint density at radius 2 is 2.10 bits per heavy atom. The lowest BCUT2D eigenvalue weighted by atomic mass is 9.93. The molecule has 0 bridgehead atoms. The lowest BCUT2D eigenvalue weighted by molar-refractivity contribution is 0.113. The van der Waals surface area contributed by atoms with Crippen LogP contribution in [0.5, 0.6) is 0 Å². The van der Waals surface area contributed by atoms with Gasteiger partial charge >= 0.3 is 0 Å². The first-order valence-corrected chi connectivity index (χ1v) is 7.89. The number of piperidine rings is 1. The Hall–Kier alpha value is -1.05. The molecule has 1 aliphatic rings. The number of halogens is 2. The minimum Gasteiger partial charge on any atom is -0.395 e. The summed E-state index contributed by atoms with van der Waals surface area (Å²) >= 11 is 0. The smallest absolute Gasteiger partial charge is 0.246 e. The molecule has 1 fully saturated rings. The SMILES string of the molecule is C[C@@H]1CCCN(S(=O)(=O)c2ccc(F)cc2F)[C@@H]1CO. The monoisotopic (exact) mass is 305 g/mol. The van der Waals surface area contributed by atoms with Crippen LogP contribution in [0.2, 0.25) is 0 Å². The summed E-state index contributed by atoms with van der Waals surface area (Å²) in [5.74, 6) is -1.95. The Morgan fingerprint density at radius 1 is 1.40 bits per heavy atom. The van der Waals surface area contributed by atoms with Gasteiger partial charge in [0.05, 0.1) is 12.6 Å². The molecule has 0 spiro atoms. The van der Waals surface area contributed by atoms with Crippen molar-refractivity contribution in [3.05, 3.63) is 29.8 Å². The van der Waals surface area contributed by atoms with Crippen LogP contribution >= 0.6 is 0 Å². The largest absolute Gasteiger partial charge is 0.395 e. The molecule has 0 unspecified atom stereocenters. The molecule has 0 amide bonds. The van der Waals surface area contributed by atoms with E-state index in [1.54, 1.807) is 0 Å². The number of hydrogen-bond donors (Lipinski definition) is 1. The summed E-state index contributed by atoms with van der Waals surface area (Å²) < 4.78 is 52.7. The molecule has 1 heterocycles. The van der Waals surface area contributed by atoms with Gasteiger partial charge in [0, 0.05) is 12.6 Å². The highest BCUT2D eigenvalue weighted by atomic mass is 32.2. The second-order valence-corrected chi connectivity index (χ2v) is 6.92. The second-order valence-electron chi connectivity index (χ2n) is 5.06. The van der Waals surface area contributed by atoms with Gasteiger partial charge < -0.3 is 5.11 Å². The van der Waals surface area contributed by atoms with E-state index in [2.05, 4.69) is 0 Å². The van der Waals surface area contributed by atoms with Gasteiger partial charge in [-0.3, -0.25) is 0 Å². The predicted octanol–water partition coefficient (Wildman–Crippen LogP) is 1.75. The molecule has 0 aliphatic carbocycles. The molecular formula is C13H17F2NO3S. The number of sulfonamides is 1. The van der Waals surface area contributed by atoms with E-state index in [0.717, 1.165) is 22.9 Å². The Bertz CT molecular complexity index is 591. The third-order valence-electron chi connectivity index (χ3n) is 3.73. The van der Waals surface area contributed by atoms with E-state index in [1.165, 1.54) is 0 Å². The summed E-state index contributed by atoms with van der Waals surface area (Å²) in [7, 11) is -4.07. The molecule has 2 atom stereocenters. The van der Waals surface area contributed by atoms with Crippen LogP contribution in [0, 0.1) is 17.6 Å². The second kappa shape index (κ2) is 5.75. The fourth-order valence-corrected chi connectivity index (χ4v) is 4.39. The van der Waals surface area contributed by atoms with E-state index in [9.17, 15) is 22.3 Å². The van der Waals surface area contributed by atoms with E-state index >= 15 is 0 Å². The minimum absolute atomic E-state index is 0.00738. The zero-order chi connectivity index (χ0) is 14.9. The molecule has 1 N–H and O–H groups in total. The highest BCUT2D eigenvalue weighted by molar-refractivity contribution is 7.89. The predicted molar refractivity (Wildman–Crippen MR) is 69.5 cm³/mol. The number of aliphatic hydroxyl groups excluding tert-OH is 1. The van der Waals surface area contributed by atoms with Crippen molar-refractivity contribution in [1.82, 2.24) is 4.31 Å². The molecule has 2 rings (SSSR count).